The molecule has 4 heteroatoms. The van der Waals surface area contributed by atoms with Crippen LogP contribution in [0.5, 0.6) is 0 Å². The van der Waals surface area contributed by atoms with E-state index in [0.29, 0.717) is 11.9 Å². The van der Waals surface area contributed by atoms with Crippen LogP contribution in [-0.4, -0.2) is 12.0 Å². The summed E-state index contributed by atoms with van der Waals surface area (Å²) in [4.78, 5) is 4.85. The van der Waals surface area contributed by atoms with Gasteiger partial charge in [0.1, 0.15) is 0 Å². The van der Waals surface area contributed by atoms with Gasteiger partial charge in [0.25, 0.3) is 0 Å². The molecule has 4 rings (SSSR count). The van der Waals surface area contributed by atoms with Gasteiger partial charge in [-0.05, 0) is 36.0 Å². The largest absolute Gasteiger partial charge is 0.348 e. The first-order valence-corrected chi connectivity index (χ1v) is 9.15. The number of nitrogens with zero attached hydrogens (tertiary/aromatic N) is 2. The van der Waals surface area contributed by atoms with Crippen LogP contribution in [0, 0.1) is 17.4 Å². The van der Waals surface area contributed by atoms with Crippen LogP contribution in [0.3, 0.4) is 0 Å². The maximum atomic E-state index is 9.08. The number of nitrogens with one attached hydrogen (secondary N) is 2. The smallest absolute Gasteiger partial charge is 0.205 e. The van der Waals surface area contributed by atoms with Crippen LogP contribution in [0.1, 0.15) is 36.4 Å². The molecule has 0 aromatic heterocycles. The average molecular weight is 342 g/mol. The van der Waals surface area contributed by atoms with Crippen molar-refractivity contribution in [1.29, 1.82) is 5.26 Å². The molecule has 0 bridgehead atoms. The molecule has 0 amide bonds. The molecule has 0 radical (unpaired) electrons. The molecule has 1 aliphatic heterocycles. The molecule has 2 N–H and O–H groups in total. The van der Waals surface area contributed by atoms with Gasteiger partial charge in [0.15, 0.2) is 6.19 Å². The zero-order valence-electron chi connectivity index (χ0n) is 14.6. The average Bonchev–Trinajstić information content (AvgIpc) is 2.70. The minimum absolute atomic E-state index is 0.103. The molecular weight excluding hydrogens is 320 g/mol. The van der Waals surface area contributed by atoms with Gasteiger partial charge in [-0.3, -0.25) is 5.32 Å². The van der Waals surface area contributed by atoms with Crippen LogP contribution in [0.15, 0.2) is 71.2 Å². The molecule has 26 heavy (non-hydrogen) atoms. The number of benzene rings is 2. The van der Waals surface area contributed by atoms with Gasteiger partial charge in [0.2, 0.25) is 5.96 Å². The van der Waals surface area contributed by atoms with Crippen LogP contribution < -0.4 is 10.6 Å². The Kier molecular flexibility index (Phi) is 4.70. The van der Waals surface area contributed by atoms with Gasteiger partial charge in [0.05, 0.1) is 12.1 Å². The van der Waals surface area contributed by atoms with E-state index in [2.05, 4.69) is 65.2 Å². The minimum Gasteiger partial charge on any atom is -0.348 e. The first kappa shape index (κ1) is 16.4. The van der Waals surface area contributed by atoms with Crippen molar-refractivity contribution in [2.45, 2.75) is 31.3 Å². The van der Waals surface area contributed by atoms with Gasteiger partial charge < -0.3 is 5.32 Å². The van der Waals surface area contributed by atoms with Crippen molar-refractivity contribution in [3.05, 3.63) is 77.4 Å². The van der Waals surface area contributed by atoms with E-state index in [4.69, 9.17) is 10.3 Å². The van der Waals surface area contributed by atoms with Crippen molar-refractivity contribution >= 4 is 12.0 Å². The van der Waals surface area contributed by atoms with E-state index in [-0.39, 0.29) is 12.1 Å². The predicted molar refractivity (Wildman–Crippen MR) is 104 cm³/mol. The van der Waals surface area contributed by atoms with Gasteiger partial charge in [-0.15, -0.1) is 0 Å². The summed E-state index contributed by atoms with van der Waals surface area (Å²) >= 11 is 0. The fourth-order valence-electron chi connectivity index (χ4n) is 4.11. The molecule has 3 unspecified atom stereocenters. The number of guanidine groups is 1. The van der Waals surface area contributed by atoms with Crippen LogP contribution in [-0.2, 0) is 0 Å². The monoisotopic (exact) mass is 342 g/mol. The molecule has 1 aliphatic carbocycles. The lowest BCUT2D eigenvalue weighted by atomic mass is 9.74. The van der Waals surface area contributed by atoms with E-state index in [0.717, 1.165) is 12.8 Å². The number of hydrogen-bond acceptors (Lipinski definition) is 4. The third-order valence-electron chi connectivity index (χ3n) is 5.26. The summed E-state index contributed by atoms with van der Waals surface area (Å²) < 4.78 is 0. The van der Waals surface area contributed by atoms with Gasteiger partial charge in [0, 0.05) is 5.92 Å². The van der Waals surface area contributed by atoms with Crippen molar-refractivity contribution in [3.63, 3.8) is 0 Å². The highest BCUT2D eigenvalue weighted by Gasteiger charge is 2.39. The first-order chi connectivity index (χ1) is 12.8. The van der Waals surface area contributed by atoms with E-state index >= 15 is 0 Å². The molecule has 1 fully saturated rings. The predicted octanol–water partition coefficient (Wildman–Crippen LogP) is 4.01. The summed E-state index contributed by atoms with van der Waals surface area (Å²) in [6.07, 6.45) is 7.64. The van der Waals surface area contributed by atoms with Gasteiger partial charge in [-0.25, -0.2) is 4.99 Å². The maximum Gasteiger partial charge on any atom is 0.205 e. The standard InChI is InChI=1S/C22H22N4/c23-15-24-22-25-20(17-10-5-2-6-11-17)19-13-7-12-18(21(19)26-22)14-16-8-3-1-4-9-16/h1-6,8-11,14,19-21H,7,12-13H2,(H2,24,25,26)/b18-14+. The van der Waals surface area contributed by atoms with Crippen molar-refractivity contribution in [2.24, 2.45) is 10.9 Å². The van der Waals surface area contributed by atoms with Crippen LogP contribution in [0.2, 0.25) is 0 Å². The highest BCUT2D eigenvalue weighted by molar-refractivity contribution is 5.83. The Morgan fingerprint density at radius 1 is 1.08 bits per heavy atom. The SMILES string of the molecule is N#CNC1=NC2/C(=C/c3ccccc3)CCCC2C(c2ccccc2)N1. The zero-order chi connectivity index (χ0) is 17.8. The Hall–Kier alpha value is -3.06. The minimum atomic E-state index is 0.103. The molecule has 0 spiro atoms. The highest BCUT2D eigenvalue weighted by atomic mass is 15.2. The number of aliphatic imine (C=N–C) groups is 1. The Morgan fingerprint density at radius 2 is 1.81 bits per heavy atom. The van der Waals surface area contributed by atoms with E-state index < -0.39 is 0 Å². The quantitative estimate of drug-likeness (QED) is 0.640. The lowest BCUT2D eigenvalue weighted by molar-refractivity contribution is 0.283. The molecule has 2 aliphatic rings. The molecule has 0 saturated heterocycles. The number of nitriles is 1. The van der Waals surface area contributed by atoms with Crippen LogP contribution in [0.4, 0.5) is 0 Å². The lowest BCUT2D eigenvalue weighted by Crippen LogP contribution is -2.49. The van der Waals surface area contributed by atoms with Crippen LogP contribution >= 0.6 is 0 Å². The zero-order valence-corrected chi connectivity index (χ0v) is 14.6. The second-order valence-electron chi connectivity index (χ2n) is 6.88. The highest BCUT2D eigenvalue weighted by Crippen LogP contribution is 2.41. The van der Waals surface area contributed by atoms with E-state index in [1.54, 1.807) is 0 Å². The maximum absolute atomic E-state index is 9.08. The molecule has 2 aromatic carbocycles. The third-order valence-corrected chi connectivity index (χ3v) is 5.26. The molecule has 1 heterocycles. The van der Waals surface area contributed by atoms with Crippen molar-refractivity contribution in [2.75, 3.05) is 0 Å². The topological polar surface area (TPSA) is 60.2 Å². The van der Waals surface area contributed by atoms with Gasteiger partial charge in [-0.2, -0.15) is 5.26 Å². The molecule has 4 nitrogen and oxygen atoms in total. The Bertz CT molecular complexity index is 849. The molecule has 130 valence electrons. The summed E-state index contributed by atoms with van der Waals surface area (Å²) in [7, 11) is 0. The van der Waals surface area contributed by atoms with Gasteiger partial charge >= 0.3 is 0 Å². The summed E-state index contributed by atoms with van der Waals surface area (Å²) in [5, 5.41) is 15.2. The summed E-state index contributed by atoms with van der Waals surface area (Å²) in [6.45, 7) is 0. The normalized spacial score (nSPS) is 26.2. The van der Waals surface area contributed by atoms with E-state index in [1.807, 2.05) is 18.3 Å². The second kappa shape index (κ2) is 7.45. The fraction of sp³-hybridized carbons (Fsp3) is 0.273. The molecule has 3 atom stereocenters. The number of rotatable bonds is 2. The third kappa shape index (κ3) is 3.34. The Balaban J connectivity index is 1.72. The van der Waals surface area contributed by atoms with Crippen molar-refractivity contribution in [3.8, 4) is 6.19 Å². The summed E-state index contributed by atoms with van der Waals surface area (Å²) in [6, 6.07) is 21.2. The fourth-order valence-corrected chi connectivity index (χ4v) is 4.11. The van der Waals surface area contributed by atoms with Crippen molar-refractivity contribution in [1.82, 2.24) is 10.6 Å². The molecular formula is C22H22N4. The Labute approximate surface area is 154 Å². The summed E-state index contributed by atoms with van der Waals surface area (Å²) in [5.41, 5.74) is 3.81. The van der Waals surface area contributed by atoms with E-state index in [1.165, 1.54) is 23.1 Å². The van der Waals surface area contributed by atoms with Crippen molar-refractivity contribution < 1.29 is 0 Å². The lowest BCUT2D eigenvalue weighted by Gasteiger charge is -2.41. The molecule has 2 aromatic rings. The van der Waals surface area contributed by atoms with Crippen LogP contribution in [0.25, 0.3) is 6.08 Å². The summed E-state index contributed by atoms with van der Waals surface area (Å²) in [5.74, 6) is 0.966. The van der Waals surface area contributed by atoms with E-state index in [9.17, 15) is 0 Å². The van der Waals surface area contributed by atoms with Gasteiger partial charge in [-0.1, -0.05) is 66.7 Å². The number of fused-ring (bicyclic) bond motifs is 1. The second-order valence-corrected chi connectivity index (χ2v) is 6.88. The Morgan fingerprint density at radius 3 is 2.54 bits per heavy atom. The molecule has 1 saturated carbocycles. The first-order valence-electron chi connectivity index (χ1n) is 9.15. The number of hydrogen-bond donors (Lipinski definition) is 2.